The maximum absolute atomic E-state index is 12.6. The molecule has 1 amide bonds. The molecule has 2 saturated heterocycles. The molecule has 2 fully saturated rings. The van der Waals surface area contributed by atoms with Gasteiger partial charge in [0.25, 0.3) is 0 Å². The molecule has 126 valence electrons. The minimum absolute atomic E-state index is 0.0537. The lowest BCUT2D eigenvalue weighted by Gasteiger charge is -2.35. The zero-order valence-electron chi connectivity index (χ0n) is 13.6. The molecule has 0 saturated carbocycles. The number of amides is 1. The van der Waals surface area contributed by atoms with Crippen molar-refractivity contribution >= 4 is 5.91 Å². The summed E-state index contributed by atoms with van der Waals surface area (Å²) >= 11 is 0. The van der Waals surface area contributed by atoms with Gasteiger partial charge >= 0.3 is 0 Å². The Labute approximate surface area is 137 Å². The number of hydrogen-bond donors (Lipinski definition) is 1. The first kappa shape index (κ1) is 16.4. The number of carbonyl (C=O) groups excluding carboxylic acids is 1. The van der Waals surface area contributed by atoms with Crippen LogP contribution >= 0.6 is 0 Å². The van der Waals surface area contributed by atoms with Crippen LogP contribution in [0.3, 0.4) is 0 Å². The molecular formula is C17H25N3O3. The lowest BCUT2D eigenvalue weighted by molar-refractivity contribution is -0.139. The summed E-state index contributed by atoms with van der Waals surface area (Å²) in [7, 11) is 1.78. The van der Waals surface area contributed by atoms with Gasteiger partial charge in [0.15, 0.2) is 0 Å². The average molecular weight is 319 g/mol. The number of rotatable bonds is 4. The standard InChI is InChI=1S/C17H25N3O3/c1-19(15-11-23-12-16(15)21)17(22)14-4-7-20(8-5-14)10-13-3-2-6-18-9-13/h2-3,6,9,14-16,21H,4-5,7-8,10-12H2,1H3/t15-,16-/m1/s1. The van der Waals surface area contributed by atoms with E-state index in [0.29, 0.717) is 13.2 Å². The van der Waals surface area contributed by atoms with Crippen molar-refractivity contribution in [3.63, 3.8) is 0 Å². The Morgan fingerprint density at radius 1 is 1.43 bits per heavy atom. The molecule has 1 aromatic rings. The zero-order chi connectivity index (χ0) is 16.2. The Hall–Kier alpha value is -1.50. The van der Waals surface area contributed by atoms with Crippen molar-refractivity contribution in [2.75, 3.05) is 33.4 Å². The van der Waals surface area contributed by atoms with E-state index in [1.54, 1.807) is 18.1 Å². The van der Waals surface area contributed by atoms with Crippen molar-refractivity contribution in [3.05, 3.63) is 30.1 Å². The summed E-state index contributed by atoms with van der Waals surface area (Å²) in [5.41, 5.74) is 1.21. The fourth-order valence-electron chi connectivity index (χ4n) is 3.44. The Kier molecular flexibility index (Phi) is 5.25. The lowest BCUT2D eigenvalue weighted by Crippen LogP contribution is -2.48. The Morgan fingerprint density at radius 3 is 2.83 bits per heavy atom. The van der Waals surface area contributed by atoms with Crippen LogP contribution in [0, 0.1) is 5.92 Å². The third kappa shape index (κ3) is 3.88. The van der Waals surface area contributed by atoms with E-state index in [1.807, 2.05) is 12.3 Å². The molecule has 1 N–H and O–H groups in total. The molecule has 1 aromatic heterocycles. The number of carbonyl (C=O) groups is 1. The van der Waals surface area contributed by atoms with Crippen LogP contribution in [0.5, 0.6) is 0 Å². The minimum atomic E-state index is -0.561. The van der Waals surface area contributed by atoms with Gasteiger partial charge in [-0.2, -0.15) is 0 Å². The average Bonchev–Trinajstić information content (AvgIpc) is 3.01. The Bertz CT molecular complexity index is 517. The normalized spacial score (nSPS) is 26.3. The van der Waals surface area contributed by atoms with Crippen molar-refractivity contribution in [3.8, 4) is 0 Å². The second-order valence-corrected chi connectivity index (χ2v) is 6.53. The Balaban J connectivity index is 1.49. The molecule has 2 atom stereocenters. The van der Waals surface area contributed by atoms with E-state index >= 15 is 0 Å². The van der Waals surface area contributed by atoms with Gasteiger partial charge in [-0.1, -0.05) is 6.07 Å². The first-order valence-corrected chi connectivity index (χ1v) is 8.29. The molecule has 6 heteroatoms. The molecule has 2 aliphatic rings. The SMILES string of the molecule is CN(C(=O)C1CCN(Cc2cccnc2)CC1)[C@@H]1COC[C@H]1O. The fourth-order valence-corrected chi connectivity index (χ4v) is 3.44. The first-order chi connectivity index (χ1) is 11.1. The highest BCUT2D eigenvalue weighted by molar-refractivity contribution is 5.79. The molecule has 0 spiro atoms. The predicted molar refractivity (Wildman–Crippen MR) is 85.6 cm³/mol. The highest BCUT2D eigenvalue weighted by Crippen LogP contribution is 2.23. The van der Waals surface area contributed by atoms with E-state index in [1.165, 1.54) is 5.56 Å². The molecule has 0 bridgehead atoms. The van der Waals surface area contributed by atoms with Crippen molar-refractivity contribution in [1.29, 1.82) is 0 Å². The van der Waals surface area contributed by atoms with Gasteiger partial charge < -0.3 is 14.7 Å². The van der Waals surface area contributed by atoms with Crippen LogP contribution < -0.4 is 0 Å². The fraction of sp³-hybridized carbons (Fsp3) is 0.647. The maximum Gasteiger partial charge on any atom is 0.225 e. The van der Waals surface area contributed by atoms with Crippen LogP contribution in [-0.4, -0.2) is 71.3 Å². The molecule has 0 radical (unpaired) electrons. The van der Waals surface area contributed by atoms with E-state index in [0.717, 1.165) is 32.5 Å². The summed E-state index contributed by atoms with van der Waals surface area (Å²) in [6, 6.07) is 3.84. The molecule has 0 unspecified atom stereocenters. The van der Waals surface area contributed by atoms with Crippen LogP contribution in [0.25, 0.3) is 0 Å². The van der Waals surface area contributed by atoms with Crippen LogP contribution in [0.2, 0.25) is 0 Å². The van der Waals surface area contributed by atoms with Crippen LogP contribution in [0.15, 0.2) is 24.5 Å². The molecule has 2 aliphatic heterocycles. The highest BCUT2D eigenvalue weighted by atomic mass is 16.5. The number of aliphatic hydroxyl groups excluding tert-OH is 1. The number of pyridine rings is 1. The molecule has 23 heavy (non-hydrogen) atoms. The van der Waals surface area contributed by atoms with Gasteiger partial charge in [-0.25, -0.2) is 0 Å². The molecule has 0 aliphatic carbocycles. The van der Waals surface area contributed by atoms with Gasteiger partial charge in [0.2, 0.25) is 5.91 Å². The summed E-state index contributed by atoms with van der Waals surface area (Å²) in [6.45, 7) is 3.49. The van der Waals surface area contributed by atoms with E-state index in [4.69, 9.17) is 4.74 Å². The summed E-state index contributed by atoms with van der Waals surface area (Å²) in [4.78, 5) is 20.8. The third-order valence-electron chi connectivity index (χ3n) is 4.93. The Morgan fingerprint density at radius 2 is 2.22 bits per heavy atom. The number of ether oxygens (including phenoxy) is 1. The summed E-state index contributed by atoms with van der Waals surface area (Å²) in [5.74, 6) is 0.193. The maximum atomic E-state index is 12.6. The monoisotopic (exact) mass is 319 g/mol. The van der Waals surface area contributed by atoms with Gasteiger partial charge in [-0.15, -0.1) is 0 Å². The quantitative estimate of drug-likeness (QED) is 0.876. The van der Waals surface area contributed by atoms with E-state index in [9.17, 15) is 9.90 Å². The first-order valence-electron chi connectivity index (χ1n) is 8.29. The number of aromatic nitrogens is 1. The summed E-state index contributed by atoms with van der Waals surface area (Å²) in [6.07, 6.45) is 4.85. The van der Waals surface area contributed by atoms with Crippen molar-refractivity contribution in [2.45, 2.75) is 31.5 Å². The molecular weight excluding hydrogens is 294 g/mol. The van der Waals surface area contributed by atoms with Gasteiger partial charge in [-0.05, 0) is 37.6 Å². The van der Waals surface area contributed by atoms with Gasteiger partial charge in [0.1, 0.15) is 0 Å². The largest absolute Gasteiger partial charge is 0.388 e. The second kappa shape index (κ2) is 7.38. The van der Waals surface area contributed by atoms with Crippen LogP contribution in [0.1, 0.15) is 18.4 Å². The van der Waals surface area contributed by atoms with Gasteiger partial charge in [0, 0.05) is 31.9 Å². The second-order valence-electron chi connectivity index (χ2n) is 6.53. The topological polar surface area (TPSA) is 65.9 Å². The van der Waals surface area contributed by atoms with E-state index in [-0.39, 0.29) is 17.9 Å². The van der Waals surface area contributed by atoms with Crippen molar-refractivity contribution < 1.29 is 14.6 Å². The van der Waals surface area contributed by atoms with E-state index < -0.39 is 6.10 Å². The number of likely N-dealkylation sites (N-methyl/N-ethyl adjacent to an activating group) is 1. The summed E-state index contributed by atoms with van der Waals surface area (Å²) < 4.78 is 5.25. The van der Waals surface area contributed by atoms with Gasteiger partial charge in [-0.3, -0.25) is 14.7 Å². The number of nitrogens with zero attached hydrogens (tertiary/aromatic N) is 3. The van der Waals surface area contributed by atoms with E-state index in [2.05, 4.69) is 16.0 Å². The zero-order valence-corrected chi connectivity index (χ0v) is 13.6. The van der Waals surface area contributed by atoms with Crippen LogP contribution in [0.4, 0.5) is 0 Å². The molecule has 6 nitrogen and oxygen atoms in total. The molecule has 0 aromatic carbocycles. The third-order valence-corrected chi connectivity index (χ3v) is 4.93. The predicted octanol–water partition coefficient (Wildman–Crippen LogP) is 0.512. The molecule has 3 rings (SSSR count). The minimum Gasteiger partial charge on any atom is -0.388 e. The number of piperidine rings is 1. The summed E-state index contributed by atoms with van der Waals surface area (Å²) in [5, 5.41) is 9.88. The number of aliphatic hydroxyl groups is 1. The number of hydrogen-bond acceptors (Lipinski definition) is 5. The van der Waals surface area contributed by atoms with Crippen molar-refractivity contribution in [2.24, 2.45) is 5.92 Å². The smallest absolute Gasteiger partial charge is 0.225 e. The van der Waals surface area contributed by atoms with Crippen molar-refractivity contribution in [1.82, 2.24) is 14.8 Å². The lowest BCUT2D eigenvalue weighted by atomic mass is 9.94. The molecule has 3 heterocycles. The van der Waals surface area contributed by atoms with Gasteiger partial charge in [0.05, 0.1) is 25.4 Å². The van der Waals surface area contributed by atoms with Crippen LogP contribution in [-0.2, 0) is 16.1 Å². The highest BCUT2D eigenvalue weighted by Gasteiger charge is 2.35. The number of likely N-dealkylation sites (tertiary alicyclic amines) is 1.